The third-order valence-corrected chi connectivity index (χ3v) is 5.84. The van der Waals surface area contributed by atoms with E-state index >= 15 is 0 Å². The molecule has 1 aromatic rings. The Morgan fingerprint density at radius 1 is 1.14 bits per heavy atom. The van der Waals surface area contributed by atoms with Crippen LogP contribution in [0.15, 0.2) is 15.8 Å². The van der Waals surface area contributed by atoms with Crippen molar-refractivity contribution >= 4 is 5.78 Å². The summed E-state index contributed by atoms with van der Waals surface area (Å²) in [6, 6.07) is 0. The minimum Gasteiger partial charge on any atom is -0.313 e. The highest BCUT2D eigenvalue weighted by Crippen LogP contribution is 2.58. The zero-order valence-corrected chi connectivity index (χ0v) is 12.2. The van der Waals surface area contributed by atoms with Crippen molar-refractivity contribution in [1.29, 1.82) is 0 Å². The van der Waals surface area contributed by atoms with Gasteiger partial charge in [0.15, 0.2) is 5.78 Å². The van der Waals surface area contributed by atoms with Crippen LogP contribution in [0.5, 0.6) is 0 Å². The van der Waals surface area contributed by atoms with E-state index in [1.807, 2.05) is 0 Å². The summed E-state index contributed by atoms with van der Waals surface area (Å²) in [5.74, 6) is 1.64. The van der Waals surface area contributed by atoms with E-state index in [1.165, 1.54) is 37.0 Å². The zero-order chi connectivity index (χ0) is 14.8. The summed E-state index contributed by atoms with van der Waals surface area (Å²) < 4.78 is 1.40. The Morgan fingerprint density at radius 2 is 1.67 bits per heavy atom. The summed E-state index contributed by atoms with van der Waals surface area (Å²) in [4.78, 5) is 39.2. The highest BCUT2D eigenvalue weighted by atomic mass is 16.2. The fraction of sp³-hybridized carbons (Fsp3) is 0.688. The highest BCUT2D eigenvalue weighted by Gasteiger charge is 2.53. The lowest BCUT2D eigenvalue weighted by molar-refractivity contribution is -0.0471. The van der Waals surface area contributed by atoms with Gasteiger partial charge in [-0.2, -0.15) is 0 Å². The fourth-order valence-corrected chi connectivity index (χ4v) is 5.49. The van der Waals surface area contributed by atoms with Crippen LogP contribution in [0.25, 0.3) is 0 Å². The number of hydrogen-bond donors (Lipinski definition) is 1. The van der Waals surface area contributed by atoms with Gasteiger partial charge in [0.1, 0.15) is 0 Å². The van der Waals surface area contributed by atoms with Gasteiger partial charge < -0.3 is 4.98 Å². The Bertz CT molecular complexity index is 692. The molecule has 0 aliphatic heterocycles. The summed E-state index contributed by atoms with van der Waals surface area (Å²) in [5, 5.41) is 0. The van der Waals surface area contributed by atoms with Crippen LogP contribution in [0.1, 0.15) is 55.8 Å². The number of aromatic amines is 1. The predicted octanol–water partition coefficient (Wildman–Crippen LogP) is 1.66. The standard InChI is InChI=1S/C16H20N2O3/c1-9(19)13-8-17-15(21)18(14(13)20)16-5-10-2-11(6-16)4-12(3-10)7-16/h8,10-12H,2-7H2,1H3,(H,17,21). The van der Waals surface area contributed by atoms with Gasteiger partial charge in [-0.05, 0) is 63.2 Å². The molecule has 1 aromatic heterocycles. The van der Waals surface area contributed by atoms with Gasteiger partial charge >= 0.3 is 5.69 Å². The molecule has 4 saturated carbocycles. The molecule has 112 valence electrons. The number of ketones is 1. The Labute approximate surface area is 122 Å². The summed E-state index contributed by atoms with van der Waals surface area (Å²) >= 11 is 0. The zero-order valence-electron chi connectivity index (χ0n) is 12.2. The normalized spacial score (nSPS) is 36.9. The first-order valence-electron chi connectivity index (χ1n) is 7.85. The van der Waals surface area contributed by atoms with E-state index < -0.39 is 5.56 Å². The average Bonchev–Trinajstić information content (AvgIpc) is 2.35. The number of nitrogens with one attached hydrogen (secondary N) is 1. The molecule has 0 saturated heterocycles. The second kappa shape index (κ2) is 4.18. The van der Waals surface area contributed by atoms with E-state index in [9.17, 15) is 14.4 Å². The molecular formula is C16H20N2O3. The van der Waals surface area contributed by atoms with Crippen LogP contribution in [0.2, 0.25) is 0 Å². The molecule has 4 aliphatic carbocycles. The van der Waals surface area contributed by atoms with E-state index in [0.717, 1.165) is 19.3 Å². The lowest BCUT2D eigenvalue weighted by Crippen LogP contribution is -2.59. The Morgan fingerprint density at radius 3 is 2.14 bits per heavy atom. The van der Waals surface area contributed by atoms with Crippen molar-refractivity contribution in [3.05, 3.63) is 32.6 Å². The van der Waals surface area contributed by atoms with E-state index in [2.05, 4.69) is 4.98 Å². The summed E-state index contributed by atoms with van der Waals surface area (Å²) in [7, 11) is 0. The van der Waals surface area contributed by atoms with Crippen LogP contribution in [-0.4, -0.2) is 15.3 Å². The van der Waals surface area contributed by atoms with Gasteiger partial charge in [0.25, 0.3) is 5.56 Å². The topological polar surface area (TPSA) is 71.9 Å². The number of nitrogens with zero attached hydrogens (tertiary/aromatic N) is 1. The largest absolute Gasteiger partial charge is 0.328 e. The smallest absolute Gasteiger partial charge is 0.313 e. The maximum atomic E-state index is 12.7. The van der Waals surface area contributed by atoms with Crippen LogP contribution >= 0.6 is 0 Å². The van der Waals surface area contributed by atoms with Gasteiger partial charge in [0.2, 0.25) is 0 Å². The molecule has 21 heavy (non-hydrogen) atoms. The molecule has 5 nitrogen and oxygen atoms in total. The second-order valence-corrected chi connectivity index (χ2v) is 7.35. The fourth-order valence-electron chi connectivity index (χ4n) is 5.49. The lowest BCUT2D eigenvalue weighted by atomic mass is 9.53. The Kier molecular flexibility index (Phi) is 2.60. The lowest BCUT2D eigenvalue weighted by Gasteiger charge is -2.56. The molecule has 5 heteroatoms. The molecule has 1 N–H and O–H groups in total. The number of Topliss-reactive ketones (excluding diaryl/α,β-unsaturated/α-hetero) is 1. The number of carbonyl (C=O) groups excluding carboxylic acids is 1. The maximum Gasteiger partial charge on any atom is 0.328 e. The van der Waals surface area contributed by atoms with Gasteiger partial charge in [0.05, 0.1) is 11.1 Å². The minimum atomic E-state index is -0.395. The van der Waals surface area contributed by atoms with Crippen LogP contribution in [0.4, 0.5) is 0 Å². The van der Waals surface area contributed by atoms with Crippen LogP contribution in [0.3, 0.4) is 0 Å². The maximum absolute atomic E-state index is 12.7. The van der Waals surface area contributed by atoms with Crippen molar-refractivity contribution in [2.45, 2.75) is 51.0 Å². The predicted molar refractivity (Wildman–Crippen MR) is 77.5 cm³/mol. The molecule has 0 atom stereocenters. The van der Waals surface area contributed by atoms with Crippen molar-refractivity contribution < 1.29 is 4.79 Å². The van der Waals surface area contributed by atoms with E-state index in [0.29, 0.717) is 17.8 Å². The quantitative estimate of drug-likeness (QED) is 0.841. The van der Waals surface area contributed by atoms with Crippen LogP contribution < -0.4 is 11.2 Å². The summed E-state index contributed by atoms with van der Waals surface area (Å²) in [6.45, 7) is 1.37. The minimum absolute atomic E-state index is 0.102. The molecule has 4 bridgehead atoms. The van der Waals surface area contributed by atoms with Crippen LogP contribution in [0, 0.1) is 17.8 Å². The number of carbonyl (C=O) groups is 1. The second-order valence-electron chi connectivity index (χ2n) is 7.35. The van der Waals surface area contributed by atoms with Gasteiger partial charge in [-0.15, -0.1) is 0 Å². The molecule has 0 aromatic carbocycles. The molecule has 0 amide bonds. The van der Waals surface area contributed by atoms with Crippen molar-refractivity contribution in [3.63, 3.8) is 0 Å². The van der Waals surface area contributed by atoms with E-state index in [-0.39, 0.29) is 22.6 Å². The highest BCUT2D eigenvalue weighted by molar-refractivity contribution is 5.93. The van der Waals surface area contributed by atoms with Crippen molar-refractivity contribution in [2.75, 3.05) is 0 Å². The van der Waals surface area contributed by atoms with E-state index in [4.69, 9.17) is 0 Å². The first kappa shape index (κ1) is 13.0. The molecule has 5 rings (SSSR count). The SMILES string of the molecule is CC(=O)c1c[nH]c(=O)n(C23CC4CC(CC(C4)C2)C3)c1=O. The Balaban J connectivity index is 1.91. The average molecular weight is 288 g/mol. The number of hydrogen-bond acceptors (Lipinski definition) is 3. The molecule has 0 radical (unpaired) electrons. The first-order valence-corrected chi connectivity index (χ1v) is 7.85. The van der Waals surface area contributed by atoms with Crippen molar-refractivity contribution in [1.82, 2.24) is 9.55 Å². The Hall–Kier alpha value is -1.65. The summed E-state index contributed by atoms with van der Waals surface area (Å²) in [6.07, 6.45) is 7.77. The van der Waals surface area contributed by atoms with Crippen molar-refractivity contribution in [3.8, 4) is 0 Å². The summed E-state index contributed by atoms with van der Waals surface area (Å²) in [5.41, 5.74) is -0.990. The van der Waals surface area contributed by atoms with Crippen LogP contribution in [-0.2, 0) is 5.54 Å². The molecule has 1 heterocycles. The number of rotatable bonds is 2. The molecule has 4 fully saturated rings. The molecule has 0 unspecified atom stereocenters. The van der Waals surface area contributed by atoms with Crippen molar-refractivity contribution in [2.24, 2.45) is 17.8 Å². The molecular weight excluding hydrogens is 268 g/mol. The third kappa shape index (κ3) is 1.79. The molecule has 4 aliphatic rings. The van der Waals surface area contributed by atoms with Gasteiger partial charge in [-0.3, -0.25) is 14.2 Å². The van der Waals surface area contributed by atoms with Gasteiger partial charge in [0, 0.05) is 6.20 Å². The van der Waals surface area contributed by atoms with Gasteiger partial charge in [-0.1, -0.05) is 0 Å². The number of aromatic nitrogens is 2. The third-order valence-electron chi connectivity index (χ3n) is 5.84. The van der Waals surface area contributed by atoms with Gasteiger partial charge in [-0.25, -0.2) is 4.79 Å². The first-order chi connectivity index (χ1) is 9.98. The molecule has 0 spiro atoms. The number of H-pyrrole nitrogens is 1. The van der Waals surface area contributed by atoms with E-state index in [1.54, 1.807) is 0 Å². The monoisotopic (exact) mass is 288 g/mol.